The van der Waals surface area contributed by atoms with Crippen LogP contribution in [0, 0.1) is 0 Å². The Kier molecular flexibility index (Phi) is 4.94. The van der Waals surface area contributed by atoms with Crippen LogP contribution >= 0.6 is 0 Å². The van der Waals surface area contributed by atoms with E-state index in [1.807, 2.05) is 18.2 Å². The zero-order chi connectivity index (χ0) is 15.3. The Labute approximate surface area is 132 Å². The molecule has 3 heteroatoms. The molecule has 1 saturated heterocycles. The number of amides is 1. The summed E-state index contributed by atoms with van der Waals surface area (Å²) in [6.45, 7) is 2.02. The summed E-state index contributed by atoms with van der Waals surface area (Å²) in [4.78, 5) is 13.0. The van der Waals surface area contributed by atoms with Gasteiger partial charge in [0.1, 0.15) is 0 Å². The number of hydrogen-bond acceptors (Lipinski definition) is 2. The Morgan fingerprint density at radius 3 is 2.59 bits per heavy atom. The third-order valence-electron chi connectivity index (χ3n) is 4.97. The molecule has 1 aromatic carbocycles. The van der Waals surface area contributed by atoms with Crippen LogP contribution in [0.4, 0.5) is 0 Å². The molecule has 0 bridgehead atoms. The SMILES string of the molecule is O=C(NCC1=CCCCC1)C1(c2ccccc2)CCOCC1. The standard InChI is InChI=1S/C19H25NO2/c21-18(20-15-16-7-3-1-4-8-16)19(11-13-22-14-12-19)17-9-5-2-6-10-17/h2,5-7,9-10H,1,3-4,8,11-15H2,(H,20,21). The summed E-state index contributed by atoms with van der Waals surface area (Å²) in [6.07, 6.45) is 8.64. The number of nitrogens with one attached hydrogen (secondary N) is 1. The Hall–Kier alpha value is -1.61. The fourth-order valence-corrected chi connectivity index (χ4v) is 3.55. The lowest BCUT2D eigenvalue weighted by molar-refractivity contribution is -0.130. The highest BCUT2D eigenvalue weighted by atomic mass is 16.5. The molecule has 22 heavy (non-hydrogen) atoms. The van der Waals surface area contributed by atoms with Crippen molar-refractivity contribution in [3.63, 3.8) is 0 Å². The van der Waals surface area contributed by atoms with Crippen molar-refractivity contribution >= 4 is 5.91 Å². The van der Waals surface area contributed by atoms with Gasteiger partial charge in [-0.05, 0) is 44.1 Å². The molecule has 1 aliphatic carbocycles. The van der Waals surface area contributed by atoms with Crippen molar-refractivity contribution in [3.8, 4) is 0 Å². The van der Waals surface area contributed by atoms with Gasteiger partial charge < -0.3 is 10.1 Å². The number of hydrogen-bond donors (Lipinski definition) is 1. The van der Waals surface area contributed by atoms with E-state index in [0.29, 0.717) is 19.8 Å². The summed E-state index contributed by atoms with van der Waals surface area (Å²) in [7, 11) is 0. The highest BCUT2D eigenvalue weighted by Crippen LogP contribution is 2.35. The van der Waals surface area contributed by atoms with Gasteiger partial charge >= 0.3 is 0 Å². The van der Waals surface area contributed by atoms with Gasteiger partial charge in [-0.3, -0.25) is 4.79 Å². The van der Waals surface area contributed by atoms with Crippen LogP contribution < -0.4 is 5.32 Å². The zero-order valence-corrected chi connectivity index (χ0v) is 13.1. The molecule has 1 fully saturated rings. The monoisotopic (exact) mass is 299 g/mol. The van der Waals surface area contributed by atoms with Gasteiger partial charge in [-0.1, -0.05) is 42.0 Å². The third-order valence-corrected chi connectivity index (χ3v) is 4.97. The van der Waals surface area contributed by atoms with E-state index in [0.717, 1.165) is 31.2 Å². The molecule has 0 radical (unpaired) electrons. The predicted molar refractivity (Wildman–Crippen MR) is 87.7 cm³/mol. The summed E-state index contributed by atoms with van der Waals surface area (Å²) in [6, 6.07) is 10.2. The molecule has 3 rings (SSSR count). The van der Waals surface area contributed by atoms with Crippen molar-refractivity contribution in [3.05, 3.63) is 47.5 Å². The van der Waals surface area contributed by atoms with Gasteiger partial charge in [0.05, 0.1) is 5.41 Å². The lowest BCUT2D eigenvalue weighted by Crippen LogP contribution is -2.48. The minimum absolute atomic E-state index is 0.161. The molecule has 3 nitrogen and oxygen atoms in total. The third kappa shape index (κ3) is 3.25. The number of benzene rings is 1. The van der Waals surface area contributed by atoms with Crippen molar-refractivity contribution in [2.75, 3.05) is 19.8 Å². The van der Waals surface area contributed by atoms with Gasteiger partial charge in [-0.2, -0.15) is 0 Å². The second-order valence-corrected chi connectivity index (χ2v) is 6.35. The minimum atomic E-state index is -0.422. The van der Waals surface area contributed by atoms with Gasteiger partial charge in [0, 0.05) is 19.8 Å². The predicted octanol–water partition coefficient (Wildman–Crippen LogP) is 3.35. The molecule has 0 unspecified atom stereocenters. The lowest BCUT2D eigenvalue weighted by Gasteiger charge is -2.36. The topological polar surface area (TPSA) is 38.3 Å². The smallest absolute Gasteiger partial charge is 0.231 e. The van der Waals surface area contributed by atoms with Crippen LogP contribution in [0.5, 0.6) is 0 Å². The van der Waals surface area contributed by atoms with Crippen molar-refractivity contribution < 1.29 is 9.53 Å². The Balaban J connectivity index is 1.74. The summed E-state index contributed by atoms with van der Waals surface area (Å²) in [5.74, 6) is 0.161. The molecule has 118 valence electrons. The first-order valence-corrected chi connectivity index (χ1v) is 8.41. The second kappa shape index (κ2) is 7.10. The lowest BCUT2D eigenvalue weighted by atomic mass is 9.73. The van der Waals surface area contributed by atoms with Gasteiger partial charge in [-0.25, -0.2) is 0 Å². The fourth-order valence-electron chi connectivity index (χ4n) is 3.55. The van der Waals surface area contributed by atoms with E-state index < -0.39 is 5.41 Å². The molecule has 2 aliphatic rings. The van der Waals surface area contributed by atoms with Gasteiger partial charge in [0.25, 0.3) is 0 Å². The normalized spacial score (nSPS) is 21.0. The van der Waals surface area contributed by atoms with Crippen LogP contribution in [-0.4, -0.2) is 25.7 Å². The van der Waals surface area contributed by atoms with E-state index in [2.05, 4.69) is 23.5 Å². The van der Waals surface area contributed by atoms with Crippen LogP contribution in [-0.2, 0) is 14.9 Å². The molecule has 1 aromatic rings. The average Bonchev–Trinajstić information content (AvgIpc) is 2.62. The molecule has 1 amide bonds. The molecular weight excluding hydrogens is 274 g/mol. The van der Waals surface area contributed by atoms with Crippen molar-refractivity contribution in [2.24, 2.45) is 0 Å². The van der Waals surface area contributed by atoms with Crippen LogP contribution in [0.1, 0.15) is 44.1 Å². The maximum Gasteiger partial charge on any atom is 0.231 e. The summed E-state index contributed by atoms with van der Waals surface area (Å²) < 4.78 is 5.50. The quantitative estimate of drug-likeness (QED) is 0.866. The molecule has 1 aliphatic heterocycles. The molecule has 0 atom stereocenters. The minimum Gasteiger partial charge on any atom is -0.381 e. The largest absolute Gasteiger partial charge is 0.381 e. The van der Waals surface area contributed by atoms with Crippen LogP contribution in [0.2, 0.25) is 0 Å². The van der Waals surface area contributed by atoms with E-state index >= 15 is 0 Å². The Morgan fingerprint density at radius 2 is 1.91 bits per heavy atom. The average molecular weight is 299 g/mol. The number of allylic oxidation sites excluding steroid dienone is 1. The number of ether oxygens (including phenoxy) is 1. The van der Waals surface area contributed by atoms with Crippen molar-refractivity contribution in [1.82, 2.24) is 5.32 Å². The summed E-state index contributed by atoms with van der Waals surface area (Å²) in [5, 5.41) is 3.20. The van der Waals surface area contributed by atoms with Gasteiger partial charge in [-0.15, -0.1) is 0 Å². The van der Waals surface area contributed by atoms with Crippen molar-refractivity contribution in [2.45, 2.75) is 43.9 Å². The first kappa shape index (κ1) is 15.3. The zero-order valence-electron chi connectivity index (χ0n) is 13.1. The molecule has 1 N–H and O–H groups in total. The summed E-state index contributed by atoms with van der Waals surface area (Å²) in [5.41, 5.74) is 2.08. The van der Waals surface area contributed by atoms with Gasteiger partial charge in [0.15, 0.2) is 0 Å². The molecule has 0 aromatic heterocycles. The maximum atomic E-state index is 13.0. The number of carbonyl (C=O) groups is 1. The number of carbonyl (C=O) groups excluding carboxylic acids is 1. The highest BCUT2D eigenvalue weighted by Gasteiger charge is 2.41. The Morgan fingerprint density at radius 1 is 1.14 bits per heavy atom. The maximum absolute atomic E-state index is 13.0. The molecule has 0 spiro atoms. The van der Waals surface area contributed by atoms with Crippen molar-refractivity contribution in [1.29, 1.82) is 0 Å². The molecule has 0 saturated carbocycles. The van der Waals surface area contributed by atoms with E-state index in [4.69, 9.17) is 4.74 Å². The fraction of sp³-hybridized carbons (Fsp3) is 0.526. The van der Waals surface area contributed by atoms with E-state index in [1.54, 1.807) is 0 Å². The Bertz CT molecular complexity index is 530. The first-order valence-electron chi connectivity index (χ1n) is 8.41. The van der Waals surface area contributed by atoms with Gasteiger partial charge in [0.2, 0.25) is 5.91 Å². The van der Waals surface area contributed by atoms with Crippen LogP contribution in [0.15, 0.2) is 42.0 Å². The molecular formula is C19H25NO2. The first-order chi connectivity index (χ1) is 10.8. The highest BCUT2D eigenvalue weighted by molar-refractivity contribution is 5.88. The van der Waals surface area contributed by atoms with E-state index in [1.165, 1.54) is 18.4 Å². The molecule has 1 heterocycles. The number of rotatable bonds is 4. The van der Waals surface area contributed by atoms with Crippen LogP contribution in [0.25, 0.3) is 0 Å². The van der Waals surface area contributed by atoms with E-state index in [-0.39, 0.29) is 5.91 Å². The second-order valence-electron chi connectivity index (χ2n) is 6.35. The summed E-state index contributed by atoms with van der Waals surface area (Å²) >= 11 is 0. The van der Waals surface area contributed by atoms with Crippen LogP contribution in [0.3, 0.4) is 0 Å². The van der Waals surface area contributed by atoms with E-state index in [9.17, 15) is 4.79 Å².